The Morgan fingerprint density at radius 1 is 1.22 bits per heavy atom. The zero-order chi connectivity index (χ0) is 12.8. The van der Waals surface area contributed by atoms with Gasteiger partial charge in [-0.2, -0.15) is 0 Å². The molecule has 1 saturated carbocycles. The first-order valence-electron chi connectivity index (χ1n) is 7.81. The summed E-state index contributed by atoms with van der Waals surface area (Å²) in [6, 6.07) is 0.676. The molecule has 18 heavy (non-hydrogen) atoms. The highest BCUT2D eigenvalue weighted by molar-refractivity contribution is 4.82. The summed E-state index contributed by atoms with van der Waals surface area (Å²) >= 11 is 0. The average molecular weight is 254 g/mol. The molecule has 0 bridgehead atoms. The normalized spacial score (nSPS) is 30.0. The molecule has 2 rings (SSSR count). The molecule has 0 radical (unpaired) electrons. The highest BCUT2D eigenvalue weighted by atomic mass is 16.5. The molecule has 2 aliphatic rings. The van der Waals surface area contributed by atoms with E-state index in [-0.39, 0.29) is 0 Å². The summed E-state index contributed by atoms with van der Waals surface area (Å²) in [5.74, 6) is 0.892. The SMILES string of the molecule is CNC(CN1CCCOC(C)C1)C1CCCCC1. The first kappa shape index (κ1) is 14.3. The van der Waals surface area contributed by atoms with Crippen molar-refractivity contribution >= 4 is 0 Å². The summed E-state index contributed by atoms with van der Waals surface area (Å²) in [5.41, 5.74) is 0. The lowest BCUT2D eigenvalue weighted by Gasteiger charge is -2.34. The second kappa shape index (κ2) is 7.46. The summed E-state index contributed by atoms with van der Waals surface area (Å²) in [6.07, 6.45) is 8.74. The Kier molecular flexibility index (Phi) is 5.93. The molecule has 106 valence electrons. The van der Waals surface area contributed by atoms with Crippen LogP contribution in [0.15, 0.2) is 0 Å². The van der Waals surface area contributed by atoms with Crippen molar-refractivity contribution in [2.24, 2.45) is 5.92 Å². The molecule has 0 amide bonds. The molecule has 3 nitrogen and oxygen atoms in total. The Morgan fingerprint density at radius 3 is 2.72 bits per heavy atom. The predicted octanol–water partition coefficient (Wildman–Crippen LogP) is 2.27. The van der Waals surface area contributed by atoms with Gasteiger partial charge in [-0.25, -0.2) is 0 Å². The Bertz CT molecular complexity index is 229. The number of hydrogen-bond donors (Lipinski definition) is 1. The minimum atomic E-state index is 0.399. The third-order valence-electron chi connectivity index (χ3n) is 4.58. The van der Waals surface area contributed by atoms with Crippen LogP contribution in [0.4, 0.5) is 0 Å². The summed E-state index contributed by atoms with van der Waals surface area (Å²) in [4.78, 5) is 2.60. The number of likely N-dealkylation sites (N-methyl/N-ethyl adjacent to an activating group) is 1. The van der Waals surface area contributed by atoms with Crippen LogP contribution in [0.1, 0.15) is 45.4 Å². The second-order valence-corrected chi connectivity index (χ2v) is 6.09. The number of nitrogens with one attached hydrogen (secondary N) is 1. The van der Waals surface area contributed by atoms with E-state index < -0.39 is 0 Å². The first-order valence-corrected chi connectivity index (χ1v) is 7.81. The highest BCUT2D eigenvalue weighted by Gasteiger charge is 2.25. The molecular formula is C15H30N2O. The maximum absolute atomic E-state index is 5.73. The lowest BCUT2D eigenvalue weighted by atomic mass is 9.83. The fourth-order valence-corrected chi connectivity index (χ4v) is 3.54. The van der Waals surface area contributed by atoms with Crippen molar-refractivity contribution in [1.29, 1.82) is 0 Å². The van der Waals surface area contributed by atoms with Crippen molar-refractivity contribution < 1.29 is 4.74 Å². The van der Waals surface area contributed by atoms with Gasteiger partial charge in [0.1, 0.15) is 0 Å². The Morgan fingerprint density at radius 2 is 2.00 bits per heavy atom. The maximum Gasteiger partial charge on any atom is 0.0673 e. The Balaban J connectivity index is 1.83. The van der Waals surface area contributed by atoms with Crippen molar-refractivity contribution in [3.63, 3.8) is 0 Å². The summed E-state index contributed by atoms with van der Waals surface area (Å²) in [5, 5.41) is 3.57. The second-order valence-electron chi connectivity index (χ2n) is 6.09. The van der Waals surface area contributed by atoms with Crippen molar-refractivity contribution in [2.45, 2.75) is 57.6 Å². The van der Waals surface area contributed by atoms with Crippen molar-refractivity contribution in [3.8, 4) is 0 Å². The molecule has 2 atom stereocenters. The summed E-state index contributed by atoms with van der Waals surface area (Å²) in [7, 11) is 2.14. The molecule has 3 heteroatoms. The summed E-state index contributed by atoms with van der Waals surface area (Å²) < 4.78 is 5.73. The largest absolute Gasteiger partial charge is 0.377 e. The van der Waals surface area contributed by atoms with Crippen molar-refractivity contribution in [1.82, 2.24) is 10.2 Å². The van der Waals surface area contributed by atoms with Gasteiger partial charge in [-0.1, -0.05) is 19.3 Å². The lowest BCUT2D eigenvalue weighted by molar-refractivity contribution is 0.0646. The van der Waals surface area contributed by atoms with Gasteiger partial charge >= 0.3 is 0 Å². The molecule has 1 aliphatic carbocycles. The third-order valence-corrected chi connectivity index (χ3v) is 4.58. The zero-order valence-corrected chi connectivity index (χ0v) is 12.2. The monoisotopic (exact) mass is 254 g/mol. The van der Waals surface area contributed by atoms with Gasteiger partial charge in [-0.05, 0) is 39.2 Å². The Hall–Kier alpha value is -0.120. The molecule has 1 saturated heterocycles. The molecule has 0 aromatic rings. The molecule has 1 aliphatic heterocycles. The van der Waals surface area contributed by atoms with Gasteiger partial charge in [-0.15, -0.1) is 0 Å². The van der Waals surface area contributed by atoms with E-state index in [9.17, 15) is 0 Å². The van der Waals surface area contributed by atoms with Gasteiger partial charge in [0.05, 0.1) is 6.10 Å². The highest BCUT2D eigenvalue weighted by Crippen LogP contribution is 2.27. The van der Waals surface area contributed by atoms with Crippen LogP contribution in [0.5, 0.6) is 0 Å². The molecule has 0 aromatic heterocycles. The van der Waals surface area contributed by atoms with Gasteiger partial charge < -0.3 is 10.1 Å². The number of hydrogen-bond acceptors (Lipinski definition) is 3. The van der Waals surface area contributed by atoms with E-state index in [0.717, 1.165) is 19.1 Å². The van der Waals surface area contributed by atoms with Gasteiger partial charge in [0.2, 0.25) is 0 Å². The summed E-state index contributed by atoms with van der Waals surface area (Å²) in [6.45, 7) is 6.65. The first-order chi connectivity index (χ1) is 8.79. The van der Waals surface area contributed by atoms with Crippen LogP contribution >= 0.6 is 0 Å². The van der Waals surface area contributed by atoms with Gasteiger partial charge in [0, 0.05) is 32.3 Å². The van der Waals surface area contributed by atoms with E-state index in [1.807, 2.05) is 0 Å². The molecule has 0 spiro atoms. The molecule has 2 fully saturated rings. The quantitative estimate of drug-likeness (QED) is 0.833. The smallest absolute Gasteiger partial charge is 0.0673 e. The van der Waals surface area contributed by atoms with Crippen LogP contribution in [-0.2, 0) is 4.74 Å². The minimum absolute atomic E-state index is 0.399. The van der Waals surface area contributed by atoms with Crippen LogP contribution in [-0.4, -0.2) is 50.3 Å². The minimum Gasteiger partial charge on any atom is -0.377 e. The van der Waals surface area contributed by atoms with Crippen LogP contribution in [0, 0.1) is 5.92 Å². The molecular weight excluding hydrogens is 224 g/mol. The lowest BCUT2D eigenvalue weighted by Crippen LogP contribution is -2.46. The zero-order valence-electron chi connectivity index (χ0n) is 12.2. The molecule has 1 heterocycles. The maximum atomic E-state index is 5.73. The fourth-order valence-electron chi connectivity index (χ4n) is 3.54. The van der Waals surface area contributed by atoms with Gasteiger partial charge in [0.15, 0.2) is 0 Å². The average Bonchev–Trinajstić information content (AvgIpc) is 2.61. The van der Waals surface area contributed by atoms with E-state index in [4.69, 9.17) is 4.74 Å². The predicted molar refractivity (Wildman–Crippen MR) is 75.9 cm³/mol. The number of nitrogens with zero attached hydrogens (tertiary/aromatic N) is 1. The molecule has 0 aromatic carbocycles. The van der Waals surface area contributed by atoms with E-state index in [2.05, 4.69) is 24.2 Å². The topological polar surface area (TPSA) is 24.5 Å². The van der Waals surface area contributed by atoms with Crippen molar-refractivity contribution in [3.05, 3.63) is 0 Å². The third kappa shape index (κ3) is 4.22. The van der Waals surface area contributed by atoms with Crippen LogP contribution in [0.2, 0.25) is 0 Å². The van der Waals surface area contributed by atoms with Crippen molar-refractivity contribution in [2.75, 3.05) is 33.3 Å². The molecule has 2 unspecified atom stereocenters. The Labute approximate surface area is 112 Å². The number of rotatable bonds is 4. The van der Waals surface area contributed by atoms with E-state index in [1.54, 1.807) is 0 Å². The van der Waals surface area contributed by atoms with E-state index in [1.165, 1.54) is 51.6 Å². The van der Waals surface area contributed by atoms with Gasteiger partial charge in [0.25, 0.3) is 0 Å². The van der Waals surface area contributed by atoms with Crippen LogP contribution in [0.25, 0.3) is 0 Å². The van der Waals surface area contributed by atoms with Crippen LogP contribution in [0.3, 0.4) is 0 Å². The van der Waals surface area contributed by atoms with Gasteiger partial charge in [-0.3, -0.25) is 4.90 Å². The molecule has 1 N–H and O–H groups in total. The number of ether oxygens (including phenoxy) is 1. The van der Waals surface area contributed by atoms with E-state index >= 15 is 0 Å². The van der Waals surface area contributed by atoms with Crippen LogP contribution < -0.4 is 5.32 Å². The standard InChI is InChI=1S/C15H30N2O/c1-13-11-17(9-6-10-18-13)12-15(16-2)14-7-4-3-5-8-14/h13-16H,3-12H2,1-2H3. The van der Waals surface area contributed by atoms with E-state index in [0.29, 0.717) is 12.1 Å². The fraction of sp³-hybridized carbons (Fsp3) is 1.00.